The van der Waals surface area contributed by atoms with E-state index in [0.29, 0.717) is 5.92 Å². The molecule has 0 spiro atoms. The summed E-state index contributed by atoms with van der Waals surface area (Å²) in [7, 11) is 0. The monoisotopic (exact) mass is 188 g/mol. The van der Waals surface area contributed by atoms with E-state index in [0.717, 1.165) is 25.7 Å². The molecule has 1 unspecified atom stereocenters. The normalized spacial score (nSPS) is 22.2. The molecule has 1 saturated carbocycles. The zero-order valence-electron chi connectivity index (χ0n) is 7.84. The summed E-state index contributed by atoms with van der Waals surface area (Å²) in [6, 6.07) is 0. The Balaban J connectivity index is 2.29. The zero-order valence-corrected chi connectivity index (χ0v) is 7.84. The number of halogens is 1. The van der Waals surface area contributed by atoms with E-state index >= 15 is 0 Å². The fourth-order valence-electron chi connectivity index (χ4n) is 1.99. The molecule has 13 heavy (non-hydrogen) atoms. The van der Waals surface area contributed by atoms with Crippen LogP contribution in [0.5, 0.6) is 0 Å². The first-order valence-corrected chi connectivity index (χ1v) is 5.07. The minimum atomic E-state index is -1.65. The van der Waals surface area contributed by atoms with Crippen molar-refractivity contribution in [2.45, 2.75) is 51.1 Å². The first kappa shape index (κ1) is 10.5. The van der Waals surface area contributed by atoms with Gasteiger partial charge in [0, 0.05) is 0 Å². The van der Waals surface area contributed by atoms with E-state index < -0.39 is 12.1 Å². The molecule has 0 heterocycles. The predicted molar refractivity (Wildman–Crippen MR) is 48.3 cm³/mol. The summed E-state index contributed by atoms with van der Waals surface area (Å²) in [5.74, 6) is -1.00. The second kappa shape index (κ2) is 5.20. The van der Waals surface area contributed by atoms with Crippen LogP contribution in [0.1, 0.15) is 44.9 Å². The van der Waals surface area contributed by atoms with Crippen LogP contribution in [-0.4, -0.2) is 17.2 Å². The van der Waals surface area contributed by atoms with E-state index in [4.69, 9.17) is 5.11 Å². The number of rotatable bonds is 3. The van der Waals surface area contributed by atoms with Crippen LogP contribution >= 0.6 is 0 Å². The van der Waals surface area contributed by atoms with Crippen molar-refractivity contribution in [2.75, 3.05) is 0 Å². The van der Waals surface area contributed by atoms with E-state index in [1.54, 1.807) is 0 Å². The van der Waals surface area contributed by atoms with Gasteiger partial charge in [-0.3, -0.25) is 0 Å². The van der Waals surface area contributed by atoms with Gasteiger partial charge in [0.1, 0.15) is 0 Å². The van der Waals surface area contributed by atoms with Crippen molar-refractivity contribution in [1.29, 1.82) is 0 Å². The topological polar surface area (TPSA) is 37.3 Å². The summed E-state index contributed by atoms with van der Waals surface area (Å²) >= 11 is 0. The Kier molecular flexibility index (Phi) is 4.19. The molecule has 0 aromatic rings. The van der Waals surface area contributed by atoms with Crippen LogP contribution in [0.25, 0.3) is 0 Å². The lowest BCUT2D eigenvalue weighted by Gasteiger charge is -2.13. The van der Waals surface area contributed by atoms with Gasteiger partial charge in [-0.25, -0.2) is 9.18 Å². The van der Waals surface area contributed by atoms with Crippen LogP contribution < -0.4 is 0 Å². The molecule has 0 aromatic carbocycles. The number of alkyl halides is 1. The zero-order chi connectivity index (χ0) is 9.68. The van der Waals surface area contributed by atoms with Gasteiger partial charge in [-0.2, -0.15) is 0 Å². The Bertz CT molecular complexity index is 162. The van der Waals surface area contributed by atoms with Gasteiger partial charge in [0.15, 0.2) is 6.17 Å². The molecule has 0 aliphatic heterocycles. The van der Waals surface area contributed by atoms with Gasteiger partial charge in [-0.15, -0.1) is 0 Å². The lowest BCUT2D eigenvalue weighted by atomic mass is 9.94. The third kappa shape index (κ3) is 3.75. The number of aliphatic carboxylic acids is 1. The molecule has 1 atom stereocenters. The first-order chi connectivity index (χ1) is 6.20. The van der Waals surface area contributed by atoms with E-state index in [1.807, 2.05) is 0 Å². The van der Waals surface area contributed by atoms with Crippen molar-refractivity contribution in [2.24, 2.45) is 5.92 Å². The number of carboxylic acids is 1. The quantitative estimate of drug-likeness (QED) is 0.691. The molecule has 3 heteroatoms. The van der Waals surface area contributed by atoms with Crippen LogP contribution in [0.4, 0.5) is 4.39 Å². The molecule has 1 aliphatic rings. The van der Waals surface area contributed by atoms with Crippen molar-refractivity contribution >= 4 is 5.97 Å². The van der Waals surface area contributed by atoms with Gasteiger partial charge < -0.3 is 5.11 Å². The van der Waals surface area contributed by atoms with Gasteiger partial charge in [0.05, 0.1) is 0 Å². The smallest absolute Gasteiger partial charge is 0.338 e. The maximum Gasteiger partial charge on any atom is 0.338 e. The molecule has 0 amide bonds. The van der Waals surface area contributed by atoms with E-state index in [-0.39, 0.29) is 6.42 Å². The Morgan fingerprint density at radius 1 is 1.31 bits per heavy atom. The maximum atomic E-state index is 12.8. The Labute approximate surface area is 78.1 Å². The summed E-state index contributed by atoms with van der Waals surface area (Å²) in [5, 5.41) is 8.41. The summed E-state index contributed by atoms with van der Waals surface area (Å²) in [4.78, 5) is 10.3. The minimum absolute atomic E-state index is 0.218. The van der Waals surface area contributed by atoms with Gasteiger partial charge >= 0.3 is 5.97 Å². The summed E-state index contributed by atoms with van der Waals surface area (Å²) in [6.45, 7) is 0. The molecule has 0 aromatic heterocycles. The maximum absolute atomic E-state index is 12.8. The van der Waals surface area contributed by atoms with Crippen molar-refractivity contribution < 1.29 is 14.3 Å². The molecule has 1 N–H and O–H groups in total. The highest BCUT2D eigenvalue weighted by atomic mass is 19.1. The highest BCUT2D eigenvalue weighted by molar-refractivity contribution is 5.71. The summed E-state index contributed by atoms with van der Waals surface area (Å²) in [6.07, 6.45) is 5.30. The highest BCUT2D eigenvalue weighted by Gasteiger charge is 2.22. The second-order valence-electron chi connectivity index (χ2n) is 3.90. The predicted octanol–water partition coefficient (Wildman–Crippen LogP) is 2.77. The number of hydrogen-bond donors (Lipinski definition) is 1. The van der Waals surface area contributed by atoms with Crippen LogP contribution in [0.3, 0.4) is 0 Å². The van der Waals surface area contributed by atoms with Crippen molar-refractivity contribution in [3.63, 3.8) is 0 Å². The average Bonchev–Trinajstić information content (AvgIpc) is 2.32. The van der Waals surface area contributed by atoms with E-state index in [1.165, 1.54) is 12.8 Å². The summed E-state index contributed by atoms with van der Waals surface area (Å²) < 4.78 is 12.8. The van der Waals surface area contributed by atoms with Crippen molar-refractivity contribution in [3.8, 4) is 0 Å². The molecular weight excluding hydrogens is 171 g/mol. The Hall–Kier alpha value is -0.600. The van der Waals surface area contributed by atoms with Gasteiger partial charge in [-0.05, 0) is 12.3 Å². The SMILES string of the molecule is O=C(O)C(F)CC1CCCCCC1. The molecule has 0 saturated heterocycles. The second-order valence-corrected chi connectivity index (χ2v) is 3.90. The summed E-state index contributed by atoms with van der Waals surface area (Å²) in [5.41, 5.74) is 0. The molecule has 1 aliphatic carbocycles. The highest BCUT2D eigenvalue weighted by Crippen LogP contribution is 2.27. The average molecular weight is 188 g/mol. The Morgan fingerprint density at radius 3 is 2.31 bits per heavy atom. The largest absolute Gasteiger partial charge is 0.479 e. The number of carbonyl (C=O) groups is 1. The molecule has 2 nitrogen and oxygen atoms in total. The fourth-order valence-corrected chi connectivity index (χ4v) is 1.99. The van der Waals surface area contributed by atoms with E-state index in [9.17, 15) is 9.18 Å². The van der Waals surface area contributed by atoms with Crippen LogP contribution in [0, 0.1) is 5.92 Å². The first-order valence-electron chi connectivity index (χ1n) is 5.07. The molecule has 1 fully saturated rings. The van der Waals surface area contributed by atoms with Crippen molar-refractivity contribution in [3.05, 3.63) is 0 Å². The van der Waals surface area contributed by atoms with Gasteiger partial charge in [0.25, 0.3) is 0 Å². The van der Waals surface area contributed by atoms with Crippen molar-refractivity contribution in [1.82, 2.24) is 0 Å². The number of carboxylic acid groups (broad SMARTS) is 1. The standard InChI is InChI=1S/C10H17FO2/c11-9(10(12)13)7-8-5-3-1-2-4-6-8/h8-9H,1-7H2,(H,12,13). The van der Waals surface area contributed by atoms with Gasteiger partial charge in [-0.1, -0.05) is 38.5 Å². The molecule has 0 radical (unpaired) electrons. The lowest BCUT2D eigenvalue weighted by molar-refractivity contribution is -0.143. The van der Waals surface area contributed by atoms with Crippen LogP contribution in [0.2, 0.25) is 0 Å². The van der Waals surface area contributed by atoms with E-state index in [2.05, 4.69) is 0 Å². The fraction of sp³-hybridized carbons (Fsp3) is 0.900. The Morgan fingerprint density at radius 2 is 1.85 bits per heavy atom. The third-order valence-corrected chi connectivity index (χ3v) is 2.78. The minimum Gasteiger partial charge on any atom is -0.479 e. The molecular formula is C10H17FO2. The molecule has 1 rings (SSSR count). The third-order valence-electron chi connectivity index (χ3n) is 2.78. The van der Waals surface area contributed by atoms with Crippen LogP contribution in [-0.2, 0) is 4.79 Å². The van der Waals surface area contributed by atoms with Gasteiger partial charge in [0.2, 0.25) is 0 Å². The number of hydrogen-bond acceptors (Lipinski definition) is 1. The molecule has 0 bridgehead atoms. The lowest BCUT2D eigenvalue weighted by Crippen LogP contribution is -2.18. The van der Waals surface area contributed by atoms with Crippen LogP contribution in [0.15, 0.2) is 0 Å². The molecule has 76 valence electrons.